The van der Waals surface area contributed by atoms with Gasteiger partial charge in [0.05, 0.1) is 39.6 Å². The lowest BCUT2D eigenvalue weighted by Crippen LogP contribution is -2.57. The summed E-state index contributed by atoms with van der Waals surface area (Å²) in [6.45, 7) is 9.05. The monoisotopic (exact) mass is 1120 g/mol. The maximum Gasteiger partial charge on any atom is 0.410 e. The third kappa shape index (κ3) is 10.4. The minimum absolute atomic E-state index is 0.00270. The van der Waals surface area contributed by atoms with Gasteiger partial charge >= 0.3 is 23.9 Å². The summed E-state index contributed by atoms with van der Waals surface area (Å²) < 4.78 is 54.4. The Labute approximate surface area is 475 Å². The van der Waals surface area contributed by atoms with Gasteiger partial charge in [-0.2, -0.15) is 9.97 Å². The van der Waals surface area contributed by atoms with Gasteiger partial charge in [0, 0.05) is 69.4 Å². The Morgan fingerprint density at radius 1 is 0.902 bits per heavy atom. The third-order valence-corrected chi connectivity index (χ3v) is 18.5. The van der Waals surface area contributed by atoms with E-state index in [9.17, 15) is 24.0 Å². The first-order valence-corrected chi connectivity index (χ1v) is 29.4. The van der Waals surface area contributed by atoms with Crippen molar-refractivity contribution in [3.05, 3.63) is 81.4 Å². The first kappa shape index (κ1) is 55.2. The summed E-state index contributed by atoms with van der Waals surface area (Å²) >= 11 is 0. The number of halogens is 2. The number of nitrogens with zero attached hydrogens (tertiary/aromatic N) is 9. The van der Waals surface area contributed by atoms with Crippen molar-refractivity contribution in [2.75, 3.05) is 50.8 Å². The fraction of sp³-hybridized carbons (Fsp3) is 0.548. The van der Waals surface area contributed by atoms with Crippen molar-refractivity contribution >= 4 is 57.3 Å². The van der Waals surface area contributed by atoms with Crippen LogP contribution in [-0.4, -0.2) is 138 Å². The number of carbonyl (C=O) groups is 4. The Morgan fingerprint density at radius 3 is 2.45 bits per heavy atom. The lowest BCUT2D eigenvalue weighted by atomic mass is 9.85. The number of terminal acetylenes is 1. The number of hydrogen-bond donors (Lipinski definition) is 1. The number of likely N-dealkylation sites (tertiary alicyclic amines) is 1. The minimum atomic E-state index is -0.713. The number of amides is 4. The van der Waals surface area contributed by atoms with Crippen molar-refractivity contribution in [1.82, 2.24) is 44.1 Å². The smallest absolute Gasteiger partial charge is 0.410 e. The van der Waals surface area contributed by atoms with Crippen LogP contribution in [0.1, 0.15) is 133 Å². The molecule has 2 aromatic carbocycles. The van der Waals surface area contributed by atoms with E-state index in [-0.39, 0.29) is 96.3 Å². The van der Waals surface area contributed by atoms with Gasteiger partial charge in [-0.1, -0.05) is 43.0 Å². The van der Waals surface area contributed by atoms with Crippen LogP contribution in [0.15, 0.2) is 53.2 Å². The Bertz CT molecular complexity index is 3510. The number of fused-ring (bicyclic) bond motifs is 6. The maximum atomic E-state index is 17.5. The normalized spacial score (nSPS) is 24.0. The fourth-order valence-electron chi connectivity index (χ4n) is 14.4. The number of hydrogen-bond acceptors (Lipinski definition) is 13. The molecule has 2 bridgehead atoms. The van der Waals surface area contributed by atoms with Crippen LogP contribution in [0, 0.1) is 24.1 Å². The number of anilines is 1. The average molecular weight is 1120 g/mol. The van der Waals surface area contributed by atoms with E-state index in [1.165, 1.54) is 4.57 Å². The molecule has 82 heavy (non-hydrogen) atoms. The van der Waals surface area contributed by atoms with E-state index in [1.54, 1.807) is 29.9 Å². The number of rotatable bonds is 13. The molecular formula is C62H72F2N10O8. The second-order valence-corrected chi connectivity index (χ2v) is 24.7. The van der Waals surface area contributed by atoms with Gasteiger partial charge in [-0.15, -0.1) is 6.42 Å². The van der Waals surface area contributed by atoms with Gasteiger partial charge < -0.3 is 24.0 Å². The molecular weight excluding hydrogens is 1050 g/mol. The van der Waals surface area contributed by atoms with E-state index in [1.807, 2.05) is 54.8 Å². The number of aryl methyl sites for hydroxylation is 3. The molecule has 6 aliphatic heterocycles. The first-order chi connectivity index (χ1) is 39.5. The highest BCUT2D eigenvalue weighted by atomic mass is 19.1. The van der Waals surface area contributed by atoms with E-state index in [0.717, 1.165) is 100 Å². The zero-order valence-corrected chi connectivity index (χ0v) is 47.3. The lowest BCUT2D eigenvalue weighted by molar-refractivity contribution is -0.135. The highest BCUT2D eigenvalue weighted by Gasteiger charge is 2.51. The molecule has 0 saturated carbocycles. The number of piperidine rings is 2. The van der Waals surface area contributed by atoms with Crippen LogP contribution in [-0.2, 0) is 39.0 Å². The van der Waals surface area contributed by atoms with E-state index in [0.29, 0.717) is 72.8 Å². The van der Waals surface area contributed by atoms with Crippen LogP contribution in [0.4, 0.5) is 24.2 Å². The molecule has 432 valence electrons. The van der Waals surface area contributed by atoms with Crippen LogP contribution in [0.25, 0.3) is 38.8 Å². The van der Waals surface area contributed by atoms with Crippen LogP contribution < -0.4 is 20.6 Å². The van der Waals surface area contributed by atoms with Crippen LogP contribution in [0.5, 0.6) is 6.01 Å². The number of unbranched alkanes of at least 4 members (excludes halogenated alkanes) is 1. The highest BCUT2D eigenvalue weighted by molar-refractivity contribution is 6.00. The minimum Gasteiger partial charge on any atom is -0.461 e. The molecule has 3 aromatic heterocycles. The number of imide groups is 1. The van der Waals surface area contributed by atoms with Crippen LogP contribution in [0.2, 0.25) is 0 Å². The third-order valence-electron chi connectivity index (χ3n) is 18.5. The highest BCUT2D eigenvalue weighted by Crippen LogP contribution is 2.45. The van der Waals surface area contributed by atoms with E-state index in [2.05, 4.69) is 26.0 Å². The zero-order chi connectivity index (χ0) is 57.2. The van der Waals surface area contributed by atoms with Crippen molar-refractivity contribution in [2.24, 2.45) is 13.0 Å². The van der Waals surface area contributed by atoms with Crippen molar-refractivity contribution in [2.45, 2.75) is 159 Å². The molecule has 6 saturated heterocycles. The summed E-state index contributed by atoms with van der Waals surface area (Å²) in [5.74, 6) is 1.60. The van der Waals surface area contributed by atoms with Gasteiger partial charge in [0.15, 0.2) is 5.82 Å². The Balaban J connectivity index is 0.681. The second-order valence-electron chi connectivity index (χ2n) is 24.7. The number of imidazole rings is 1. The quantitative estimate of drug-likeness (QED) is 0.0670. The standard InChI is InChI=1S/C62H72F2N10O8/c1-6-43-46(63)19-16-39-13-9-14-44(51(39)43)53-52(64)54-45(32-65-53)55(71-33-40-17-18-41(34-71)73(40)60(79)82-61(2,3)4)68-57(67-54)81-36-62-26-10-28-72(62)42(23-27-62)35-80-59(78)70-29-24-37(25-30-70)11-7-8-12-38-15-20-47-49(31-38)69(5)58(77)74(47)48-21-22-50(75)66-56(48)76/h1,9,13-15,20,31-32,37,40-42,48H,7-8,10-12,16-19,21-30,33-36H2,2-5H3,(H,66,75,76)/t40?,41?,42-,48?,62-/m0/s1. The first-order valence-electron chi connectivity index (χ1n) is 29.4. The Kier molecular flexibility index (Phi) is 14.8. The molecule has 9 heterocycles. The number of carbonyl (C=O) groups excluding carboxylic acids is 4. The Hall–Kier alpha value is -7.40. The summed E-state index contributed by atoms with van der Waals surface area (Å²) in [6, 6.07) is 10.3. The van der Waals surface area contributed by atoms with Crippen LogP contribution in [0.3, 0.4) is 0 Å². The average Bonchev–Trinajstić information content (AvgIpc) is 4.34. The molecule has 0 spiro atoms. The van der Waals surface area contributed by atoms with Crippen molar-refractivity contribution < 1.29 is 42.2 Å². The molecule has 3 unspecified atom stereocenters. The summed E-state index contributed by atoms with van der Waals surface area (Å²) in [5, 5.41) is 2.75. The van der Waals surface area contributed by atoms with Gasteiger partial charge in [-0.25, -0.2) is 23.2 Å². The maximum absolute atomic E-state index is 17.5. The van der Waals surface area contributed by atoms with E-state index in [4.69, 9.17) is 30.6 Å². The molecule has 5 aromatic rings. The zero-order valence-electron chi connectivity index (χ0n) is 47.3. The number of ether oxygens (including phenoxy) is 3. The molecule has 4 amide bonds. The molecule has 7 aliphatic rings. The summed E-state index contributed by atoms with van der Waals surface area (Å²) in [6.07, 6.45) is 18.6. The number of benzene rings is 2. The predicted molar refractivity (Wildman–Crippen MR) is 304 cm³/mol. The number of aromatic nitrogens is 5. The number of piperazine rings is 1. The summed E-state index contributed by atoms with van der Waals surface area (Å²) in [7, 11) is 1.71. The lowest BCUT2D eigenvalue weighted by Gasteiger charge is -2.42. The van der Waals surface area contributed by atoms with E-state index >= 15 is 8.78 Å². The molecule has 12 rings (SSSR count). The molecule has 18 nitrogen and oxygen atoms in total. The largest absolute Gasteiger partial charge is 0.461 e. The molecule has 6 fully saturated rings. The van der Waals surface area contributed by atoms with Gasteiger partial charge in [0.1, 0.15) is 47.7 Å². The van der Waals surface area contributed by atoms with Gasteiger partial charge in [-0.3, -0.25) is 38.8 Å². The number of allylic oxidation sites excluding steroid dienone is 2. The van der Waals surface area contributed by atoms with Crippen LogP contribution >= 0.6 is 0 Å². The molecule has 5 atom stereocenters. The SMILES string of the molecule is C#CC1=C(F)CCc2cccc(-c3ncc4c(N5CC6CCC(C5)N6C(=O)OC(C)(C)C)nc(OC[C@@]56CCCN5[C@H](COC(=O)N5CCC(CCCCc7ccc8c(c7)n(C)c(=O)n8C7CCC(=O)NC7=O)CC5)CC6)nc4c3F)c21. The summed E-state index contributed by atoms with van der Waals surface area (Å²) in [4.78, 5) is 87.3. The van der Waals surface area contributed by atoms with Gasteiger partial charge in [-0.05, 0) is 134 Å². The fourth-order valence-corrected chi connectivity index (χ4v) is 14.4. The molecule has 1 aliphatic carbocycles. The van der Waals surface area contributed by atoms with Crippen molar-refractivity contribution in [1.29, 1.82) is 0 Å². The van der Waals surface area contributed by atoms with Crippen molar-refractivity contribution in [3.63, 3.8) is 0 Å². The molecule has 20 heteroatoms. The van der Waals surface area contributed by atoms with Gasteiger partial charge in [0.2, 0.25) is 11.8 Å². The second kappa shape index (κ2) is 22.1. The Morgan fingerprint density at radius 2 is 1.70 bits per heavy atom. The summed E-state index contributed by atoms with van der Waals surface area (Å²) in [5.41, 5.74) is 3.03. The van der Waals surface area contributed by atoms with E-state index < -0.39 is 29.2 Å². The van der Waals surface area contributed by atoms with Gasteiger partial charge in [0.25, 0.3) is 0 Å². The number of nitrogens with one attached hydrogen (secondary N) is 1. The topological polar surface area (TPSA) is 187 Å². The number of pyridine rings is 1. The predicted octanol–water partition coefficient (Wildman–Crippen LogP) is 8.95. The van der Waals surface area contributed by atoms with Crippen molar-refractivity contribution in [3.8, 4) is 29.6 Å². The molecule has 1 N–H and O–H groups in total. The molecule has 0 radical (unpaired) electrons.